The molecule has 0 heterocycles. The highest BCUT2D eigenvalue weighted by atomic mass is 16.1. The highest BCUT2D eigenvalue weighted by Gasteiger charge is 2.17. The number of rotatable bonds is 6. The first-order valence-electron chi connectivity index (χ1n) is 6.31. The van der Waals surface area contributed by atoms with Crippen LogP contribution in [0.5, 0.6) is 0 Å². The van der Waals surface area contributed by atoms with Gasteiger partial charge in [0.15, 0.2) is 0 Å². The van der Waals surface area contributed by atoms with E-state index in [4.69, 9.17) is 0 Å². The Bertz CT molecular complexity index is 223. The minimum absolute atomic E-state index is 0.0175. The first-order chi connectivity index (χ1) is 7.63. The number of nitrogens with zero attached hydrogens (tertiary/aromatic N) is 1. The fraction of sp³-hybridized carbons (Fsp3) is 0.923. The third-order valence-corrected chi connectivity index (χ3v) is 2.72. The molecule has 0 rings (SSSR count). The topological polar surface area (TPSA) is 44.4 Å². The molecule has 0 saturated carbocycles. The second-order valence-electron chi connectivity index (χ2n) is 6.18. The monoisotopic (exact) mass is 243 g/mol. The van der Waals surface area contributed by atoms with Crippen molar-refractivity contribution < 1.29 is 4.79 Å². The van der Waals surface area contributed by atoms with E-state index in [1.165, 1.54) is 0 Å². The largest absolute Gasteiger partial charge is 0.353 e. The van der Waals surface area contributed by atoms with E-state index >= 15 is 0 Å². The third kappa shape index (κ3) is 8.16. The molecule has 1 unspecified atom stereocenters. The third-order valence-electron chi connectivity index (χ3n) is 2.72. The summed E-state index contributed by atoms with van der Waals surface area (Å²) in [6, 6.07) is 0.383. The van der Waals surface area contributed by atoms with Crippen molar-refractivity contribution in [1.29, 1.82) is 0 Å². The van der Waals surface area contributed by atoms with E-state index in [1.54, 1.807) is 0 Å². The molecule has 0 aliphatic rings. The van der Waals surface area contributed by atoms with Crippen LogP contribution in [0.3, 0.4) is 0 Å². The number of hydrogen-bond donors (Lipinski definition) is 2. The first kappa shape index (κ1) is 16.4. The second kappa shape index (κ2) is 6.97. The molecule has 0 aromatic rings. The molecule has 0 spiro atoms. The molecule has 0 aliphatic carbocycles. The molecule has 0 aromatic carbocycles. The van der Waals surface area contributed by atoms with E-state index in [2.05, 4.69) is 50.2 Å². The van der Waals surface area contributed by atoms with Crippen LogP contribution in [0.25, 0.3) is 0 Å². The smallest absolute Gasteiger partial charge is 0.234 e. The molecular weight excluding hydrogens is 214 g/mol. The Morgan fingerprint density at radius 1 is 1.24 bits per heavy atom. The average molecular weight is 243 g/mol. The maximum absolute atomic E-state index is 11.6. The number of hydrogen-bond acceptors (Lipinski definition) is 3. The van der Waals surface area contributed by atoms with Gasteiger partial charge in [0, 0.05) is 18.1 Å². The van der Waals surface area contributed by atoms with Crippen molar-refractivity contribution in [1.82, 2.24) is 15.5 Å². The number of nitrogens with one attached hydrogen (secondary N) is 2. The van der Waals surface area contributed by atoms with Crippen LogP contribution in [0.1, 0.15) is 34.6 Å². The summed E-state index contributed by atoms with van der Waals surface area (Å²) < 4.78 is 0. The van der Waals surface area contributed by atoms with Gasteiger partial charge in [0.2, 0.25) is 5.91 Å². The van der Waals surface area contributed by atoms with Gasteiger partial charge in [-0.3, -0.25) is 4.79 Å². The van der Waals surface area contributed by atoms with E-state index in [1.807, 2.05) is 14.1 Å². The van der Waals surface area contributed by atoms with E-state index in [-0.39, 0.29) is 11.4 Å². The van der Waals surface area contributed by atoms with Crippen LogP contribution in [0.2, 0.25) is 0 Å². The summed E-state index contributed by atoms with van der Waals surface area (Å²) in [5.41, 5.74) is -0.0175. The maximum atomic E-state index is 11.6. The van der Waals surface area contributed by atoms with Crippen LogP contribution in [0.15, 0.2) is 0 Å². The average Bonchev–Trinajstić information content (AvgIpc) is 2.12. The van der Waals surface area contributed by atoms with Gasteiger partial charge in [-0.1, -0.05) is 13.8 Å². The summed E-state index contributed by atoms with van der Waals surface area (Å²) in [7, 11) is 4.09. The Labute approximate surface area is 106 Å². The lowest BCUT2D eigenvalue weighted by molar-refractivity contribution is -0.120. The van der Waals surface area contributed by atoms with Gasteiger partial charge in [0.05, 0.1) is 6.54 Å². The summed E-state index contributed by atoms with van der Waals surface area (Å²) in [6.45, 7) is 11.6. The number of carbonyl (C=O) groups is 1. The van der Waals surface area contributed by atoms with Crippen molar-refractivity contribution in [2.75, 3.05) is 27.2 Å². The van der Waals surface area contributed by atoms with Gasteiger partial charge in [-0.05, 0) is 40.8 Å². The fourth-order valence-corrected chi connectivity index (χ4v) is 1.64. The number of amides is 1. The van der Waals surface area contributed by atoms with Crippen LogP contribution in [-0.2, 0) is 4.79 Å². The van der Waals surface area contributed by atoms with Crippen LogP contribution in [-0.4, -0.2) is 49.6 Å². The highest BCUT2D eigenvalue weighted by molar-refractivity contribution is 5.78. The molecule has 1 atom stereocenters. The molecule has 4 nitrogen and oxygen atoms in total. The summed E-state index contributed by atoms with van der Waals surface area (Å²) in [6.07, 6.45) is 0. The summed E-state index contributed by atoms with van der Waals surface area (Å²) in [5.74, 6) is 0.591. The lowest BCUT2D eigenvalue weighted by atomic mass is 10.0. The maximum Gasteiger partial charge on any atom is 0.234 e. The minimum Gasteiger partial charge on any atom is -0.353 e. The van der Waals surface area contributed by atoms with Gasteiger partial charge in [0.25, 0.3) is 0 Å². The molecular formula is C13H29N3O. The first-order valence-corrected chi connectivity index (χ1v) is 6.31. The zero-order valence-electron chi connectivity index (χ0n) is 12.4. The molecule has 2 N–H and O–H groups in total. The van der Waals surface area contributed by atoms with Gasteiger partial charge >= 0.3 is 0 Å². The SMILES string of the molecule is CC(C)C(CNC(=O)CNC(C)(C)C)N(C)C. The van der Waals surface area contributed by atoms with Crippen LogP contribution in [0, 0.1) is 5.92 Å². The molecule has 0 aliphatic heterocycles. The molecule has 0 radical (unpaired) electrons. The summed E-state index contributed by atoms with van der Waals surface area (Å²) in [4.78, 5) is 13.8. The molecule has 1 amide bonds. The molecule has 0 fully saturated rings. The van der Waals surface area contributed by atoms with E-state index in [0.29, 0.717) is 25.0 Å². The van der Waals surface area contributed by atoms with Crippen LogP contribution < -0.4 is 10.6 Å². The van der Waals surface area contributed by atoms with E-state index in [9.17, 15) is 4.79 Å². The molecule has 0 aromatic heterocycles. The Morgan fingerprint density at radius 3 is 2.12 bits per heavy atom. The van der Waals surface area contributed by atoms with Crippen LogP contribution in [0.4, 0.5) is 0 Å². The van der Waals surface area contributed by atoms with Crippen molar-refractivity contribution in [3.05, 3.63) is 0 Å². The Kier molecular flexibility index (Phi) is 6.72. The van der Waals surface area contributed by atoms with Gasteiger partial charge in [-0.25, -0.2) is 0 Å². The van der Waals surface area contributed by atoms with Gasteiger partial charge < -0.3 is 15.5 Å². The zero-order chi connectivity index (χ0) is 13.6. The van der Waals surface area contributed by atoms with E-state index < -0.39 is 0 Å². The predicted molar refractivity (Wildman–Crippen MR) is 73.1 cm³/mol. The van der Waals surface area contributed by atoms with Crippen molar-refractivity contribution in [2.24, 2.45) is 5.92 Å². The lowest BCUT2D eigenvalue weighted by Gasteiger charge is -2.28. The van der Waals surface area contributed by atoms with Gasteiger partial charge in [-0.15, -0.1) is 0 Å². The van der Waals surface area contributed by atoms with Crippen molar-refractivity contribution in [2.45, 2.75) is 46.2 Å². The minimum atomic E-state index is -0.0175. The quantitative estimate of drug-likeness (QED) is 0.733. The molecule has 0 saturated heterocycles. The zero-order valence-corrected chi connectivity index (χ0v) is 12.4. The normalized spacial score (nSPS) is 14.2. The molecule has 102 valence electrons. The van der Waals surface area contributed by atoms with Gasteiger partial charge in [0.1, 0.15) is 0 Å². The molecule has 17 heavy (non-hydrogen) atoms. The second-order valence-corrected chi connectivity index (χ2v) is 6.18. The number of likely N-dealkylation sites (N-methyl/N-ethyl adjacent to an activating group) is 1. The molecule has 0 bridgehead atoms. The Morgan fingerprint density at radius 2 is 1.76 bits per heavy atom. The molecule has 4 heteroatoms. The highest BCUT2D eigenvalue weighted by Crippen LogP contribution is 2.05. The Balaban J connectivity index is 3.97. The van der Waals surface area contributed by atoms with Crippen molar-refractivity contribution >= 4 is 5.91 Å². The number of carbonyl (C=O) groups excluding carboxylic acids is 1. The van der Waals surface area contributed by atoms with Gasteiger partial charge in [-0.2, -0.15) is 0 Å². The van der Waals surface area contributed by atoms with Crippen molar-refractivity contribution in [3.63, 3.8) is 0 Å². The predicted octanol–water partition coefficient (Wildman–Crippen LogP) is 1.08. The standard InChI is InChI=1S/C13H29N3O/c1-10(2)11(16(6)7)8-14-12(17)9-15-13(3,4)5/h10-11,15H,8-9H2,1-7H3,(H,14,17). The Hall–Kier alpha value is -0.610. The van der Waals surface area contributed by atoms with Crippen LogP contribution >= 0.6 is 0 Å². The summed E-state index contributed by atoms with van der Waals surface area (Å²) in [5, 5.41) is 6.15. The summed E-state index contributed by atoms with van der Waals surface area (Å²) >= 11 is 0. The lowest BCUT2D eigenvalue weighted by Crippen LogP contribution is -2.47. The fourth-order valence-electron chi connectivity index (χ4n) is 1.64. The van der Waals surface area contributed by atoms with Crippen molar-refractivity contribution in [3.8, 4) is 0 Å². The van der Waals surface area contributed by atoms with E-state index in [0.717, 1.165) is 0 Å².